The number of likely N-dealkylation sites (tertiary alicyclic amines) is 1. The van der Waals surface area contributed by atoms with Gasteiger partial charge in [-0.05, 0) is 17.7 Å². The smallest absolute Gasteiger partial charge is 0.252 e. The topological polar surface area (TPSA) is 74.8 Å². The van der Waals surface area contributed by atoms with Crippen LogP contribution in [0, 0.1) is 23.0 Å². The Kier molecular flexibility index (Phi) is 3.97. The van der Waals surface area contributed by atoms with Crippen LogP contribution >= 0.6 is 0 Å². The Morgan fingerprint density at radius 1 is 1.33 bits per heavy atom. The fourth-order valence-corrected chi connectivity index (χ4v) is 2.69. The number of carbonyl (C=O) groups excluding carboxylic acids is 1. The Balaban J connectivity index is 1.72. The summed E-state index contributed by atoms with van der Waals surface area (Å²) in [4.78, 5) is 17.1. The van der Waals surface area contributed by atoms with Crippen LogP contribution in [0.25, 0.3) is 0 Å². The highest BCUT2D eigenvalue weighted by Crippen LogP contribution is 2.36. The largest absolute Gasteiger partial charge is 0.337 e. The van der Waals surface area contributed by atoms with Gasteiger partial charge in [0.25, 0.3) is 5.82 Å². The molecular formula is C15H12F3N5O. The van der Waals surface area contributed by atoms with Crippen molar-refractivity contribution in [1.82, 2.24) is 19.7 Å². The van der Waals surface area contributed by atoms with Crippen LogP contribution in [0.2, 0.25) is 0 Å². The number of alkyl halides is 1. The van der Waals surface area contributed by atoms with Crippen molar-refractivity contribution >= 4 is 5.91 Å². The predicted octanol–water partition coefficient (Wildman–Crippen LogP) is 1.53. The zero-order chi connectivity index (χ0) is 17.3. The van der Waals surface area contributed by atoms with Gasteiger partial charge in [0, 0.05) is 19.0 Å². The monoisotopic (exact) mass is 335 g/mol. The number of nitrogens with zero attached hydrogens (tertiary/aromatic N) is 5. The minimum Gasteiger partial charge on any atom is -0.337 e. The summed E-state index contributed by atoms with van der Waals surface area (Å²) in [5.74, 6) is -2.21. The van der Waals surface area contributed by atoms with Crippen molar-refractivity contribution in [3.63, 3.8) is 0 Å². The summed E-state index contributed by atoms with van der Waals surface area (Å²) in [6.07, 6.45) is 1.18. The maximum Gasteiger partial charge on any atom is 0.252 e. The van der Waals surface area contributed by atoms with E-state index in [0.717, 1.165) is 12.1 Å². The normalized spacial score (nSPS) is 20.2. The number of aromatic nitrogens is 3. The van der Waals surface area contributed by atoms with Gasteiger partial charge in [0.05, 0.1) is 6.54 Å². The first kappa shape index (κ1) is 16.0. The molecule has 1 fully saturated rings. The van der Waals surface area contributed by atoms with E-state index in [9.17, 15) is 13.6 Å². The van der Waals surface area contributed by atoms with Gasteiger partial charge in [0.1, 0.15) is 30.6 Å². The molecule has 0 spiro atoms. The molecule has 6 nitrogen and oxygen atoms in total. The van der Waals surface area contributed by atoms with Crippen LogP contribution in [0.5, 0.6) is 0 Å². The number of carbonyl (C=O) groups is 1. The van der Waals surface area contributed by atoms with Crippen LogP contribution in [-0.2, 0) is 17.0 Å². The molecule has 2 heterocycles. The molecule has 1 unspecified atom stereocenters. The molecule has 0 aliphatic carbocycles. The summed E-state index contributed by atoms with van der Waals surface area (Å²) in [6, 6.07) is 4.28. The third-order valence-electron chi connectivity index (χ3n) is 3.89. The second kappa shape index (κ2) is 5.96. The van der Waals surface area contributed by atoms with E-state index < -0.39 is 23.2 Å². The maximum absolute atomic E-state index is 15.0. The Morgan fingerprint density at radius 3 is 2.67 bits per heavy atom. The summed E-state index contributed by atoms with van der Waals surface area (Å²) in [6.45, 7) is -0.371. The number of hydrogen-bond acceptors (Lipinski definition) is 4. The van der Waals surface area contributed by atoms with E-state index in [1.807, 2.05) is 0 Å². The Labute approximate surface area is 135 Å². The Morgan fingerprint density at radius 2 is 2.04 bits per heavy atom. The zero-order valence-electron chi connectivity index (χ0n) is 12.4. The zero-order valence-corrected chi connectivity index (χ0v) is 12.4. The lowest BCUT2D eigenvalue weighted by Crippen LogP contribution is -2.34. The molecule has 24 heavy (non-hydrogen) atoms. The molecule has 0 N–H and O–H groups in total. The minimum atomic E-state index is -2.00. The molecule has 1 saturated heterocycles. The van der Waals surface area contributed by atoms with E-state index >= 15 is 4.39 Å². The number of halogens is 3. The summed E-state index contributed by atoms with van der Waals surface area (Å²) in [5.41, 5.74) is -2.12. The summed E-state index contributed by atoms with van der Waals surface area (Å²) in [5, 5.41) is 12.4. The van der Waals surface area contributed by atoms with Gasteiger partial charge in [-0.15, -0.1) is 5.10 Å². The van der Waals surface area contributed by atoms with Crippen LogP contribution in [0.15, 0.2) is 24.5 Å². The van der Waals surface area contributed by atoms with Gasteiger partial charge in [-0.3, -0.25) is 4.79 Å². The van der Waals surface area contributed by atoms with E-state index in [1.54, 1.807) is 6.07 Å². The first-order chi connectivity index (χ1) is 11.4. The molecule has 1 aliphatic heterocycles. The van der Waals surface area contributed by atoms with Gasteiger partial charge in [0.15, 0.2) is 5.67 Å². The van der Waals surface area contributed by atoms with Gasteiger partial charge >= 0.3 is 0 Å². The molecule has 1 amide bonds. The Bertz CT molecular complexity index is 811. The average Bonchev–Trinajstić information content (AvgIpc) is 3.14. The third-order valence-corrected chi connectivity index (χ3v) is 3.89. The standard InChI is InChI=1S/C15H12F3N5O/c16-11-3-10(4-12(17)5-11)15(18)1-2-22(8-15)14(24)7-23-9-20-13(6-19)21-23/h3-5,9H,1-2,7-8H2. The van der Waals surface area contributed by atoms with E-state index in [4.69, 9.17) is 5.26 Å². The SMILES string of the molecule is N#Cc1ncn(CC(=O)N2CCC(F)(c3cc(F)cc(F)c3)C2)n1. The number of hydrogen-bond donors (Lipinski definition) is 0. The molecule has 1 aliphatic rings. The van der Waals surface area contributed by atoms with E-state index in [0.29, 0.717) is 6.07 Å². The van der Waals surface area contributed by atoms with Crippen molar-refractivity contribution in [1.29, 1.82) is 5.26 Å². The highest BCUT2D eigenvalue weighted by molar-refractivity contribution is 5.76. The van der Waals surface area contributed by atoms with Crippen LogP contribution in [-0.4, -0.2) is 38.7 Å². The number of amides is 1. The molecule has 124 valence electrons. The first-order valence-electron chi connectivity index (χ1n) is 7.12. The maximum atomic E-state index is 15.0. The fourth-order valence-electron chi connectivity index (χ4n) is 2.69. The molecule has 0 radical (unpaired) electrons. The van der Waals surface area contributed by atoms with Crippen LogP contribution in [0.4, 0.5) is 13.2 Å². The van der Waals surface area contributed by atoms with Gasteiger partial charge in [0.2, 0.25) is 5.91 Å². The second-order valence-corrected chi connectivity index (χ2v) is 5.57. The number of benzene rings is 1. The third kappa shape index (κ3) is 3.08. The van der Waals surface area contributed by atoms with Crippen molar-refractivity contribution < 1.29 is 18.0 Å². The molecule has 0 saturated carbocycles. The minimum absolute atomic E-state index is 0.0531. The molecule has 2 aromatic rings. The van der Waals surface area contributed by atoms with E-state index in [1.165, 1.54) is 15.9 Å². The molecule has 1 atom stereocenters. The van der Waals surface area contributed by atoms with Gasteiger partial charge < -0.3 is 4.90 Å². The summed E-state index contributed by atoms with van der Waals surface area (Å²) in [7, 11) is 0. The number of rotatable bonds is 3. The van der Waals surface area contributed by atoms with Gasteiger partial charge in [-0.25, -0.2) is 22.8 Å². The van der Waals surface area contributed by atoms with Gasteiger partial charge in [-0.2, -0.15) is 5.26 Å². The highest BCUT2D eigenvalue weighted by atomic mass is 19.1. The van der Waals surface area contributed by atoms with Crippen LogP contribution in [0.3, 0.4) is 0 Å². The first-order valence-corrected chi connectivity index (χ1v) is 7.12. The molecular weight excluding hydrogens is 323 g/mol. The average molecular weight is 335 g/mol. The van der Waals surface area contributed by atoms with Crippen molar-refractivity contribution in [3.8, 4) is 6.07 Å². The summed E-state index contributed by atoms with van der Waals surface area (Å²) >= 11 is 0. The van der Waals surface area contributed by atoms with Crippen LogP contribution < -0.4 is 0 Å². The predicted molar refractivity (Wildman–Crippen MR) is 75.1 cm³/mol. The van der Waals surface area contributed by atoms with Crippen molar-refractivity contribution in [3.05, 3.63) is 47.5 Å². The molecule has 0 bridgehead atoms. The molecule has 9 heteroatoms. The lowest BCUT2D eigenvalue weighted by atomic mass is 9.95. The lowest BCUT2D eigenvalue weighted by molar-refractivity contribution is -0.131. The molecule has 3 rings (SSSR count). The number of nitriles is 1. The van der Waals surface area contributed by atoms with Gasteiger partial charge in [-0.1, -0.05) is 0 Å². The van der Waals surface area contributed by atoms with Crippen molar-refractivity contribution in [2.24, 2.45) is 0 Å². The molecule has 1 aromatic carbocycles. The lowest BCUT2D eigenvalue weighted by Gasteiger charge is -2.21. The highest BCUT2D eigenvalue weighted by Gasteiger charge is 2.42. The van der Waals surface area contributed by atoms with Crippen molar-refractivity contribution in [2.45, 2.75) is 18.6 Å². The van der Waals surface area contributed by atoms with E-state index in [2.05, 4.69) is 10.1 Å². The summed E-state index contributed by atoms with van der Waals surface area (Å²) < 4.78 is 42.8. The Hall–Kier alpha value is -2.89. The second-order valence-electron chi connectivity index (χ2n) is 5.57. The van der Waals surface area contributed by atoms with E-state index in [-0.39, 0.29) is 37.4 Å². The fraction of sp³-hybridized carbons (Fsp3) is 0.333. The quantitative estimate of drug-likeness (QED) is 0.852. The molecule has 1 aromatic heterocycles. The van der Waals surface area contributed by atoms with Crippen molar-refractivity contribution in [2.75, 3.05) is 13.1 Å². The van der Waals surface area contributed by atoms with Crippen LogP contribution in [0.1, 0.15) is 17.8 Å².